The first-order chi connectivity index (χ1) is 9.86. The molecule has 0 unspecified atom stereocenters. The standard InChI is InChI=1S/C14H17Si.C5H5.2ClH.Hf/c1-2-15(10-5-11-15)14-9-8-12-6-3-4-7-13(12)14;1-2-4-5-3-1;;;/h3-4,6-9H,2,5,10-11H2,1H3;1-3H,4H2;2*1H;/q2*-1;;;+4/p-2. The van der Waals surface area contributed by atoms with E-state index >= 15 is 0 Å². The van der Waals surface area contributed by atoms with Crippen molar-refractivity contribution in [1.82, 2.24) is 0 Å². The quantitative estimate of drug-likeness (QED) is 0.346. The van der Waals surface area contributed by atoms with E-state index in [1.165, 1.54) is 29.9 Å². The van der Waals surface area contributed by atoms with E-state index < -0.39 is 8.07 Å². The van der Waals surface area contributed by atoms with Gasteiger partial charge >= 0.3 is 25.8 Å². The Morgan fingerprint density at radius 3 is 2.35 bits per heavy atom. The smallest absolute Gasteiger partial charge is 1.00 e. The van der Waals surface area contributed by atoms with Crippen LogP contribution in [0.4, 0.5) is 0 Å². The van der Waals surface area contributed by atoms with Crippen LogP contribution in [0.5, 0.6) is 0 Å². The third kappa shape index (κ3) is 4.98. The molecule has 1 saturated heterocycles. The summed E-state index contributed by atoms with van der Waals surface area (Å²) in [5.41, 5.74) is 0. The van der Waals surface area contributed by atoms with Crippen LogP contribution in [-0.4, -0.2) is 8.07 Å². The summed E-state index contributed by atoms with van der Waals surface area (Å²) in [5, 5.41) is 4.73. The maximum absolute atomic E-state index is 2.99. The van der Waals surface area contributed by atoms with Gasteiger partial charge in [-0.2, -0.15) is 18.2 Å². The van der Waals surface area contributed by atoms with Crippen LogP contribution in [0.25, 0.3) is 10.8 Å². The molecular formula is C19H22Cl2HfSi. The molecule has 1 aliphatic carbocycles. The Labute approximate surface area is 172 Å². The van der Waals surface area contributed by atoms with Crippen molar-refractivity contribution in [2.75, 3.05) is 0 Å². The van der Waals surface area contributed by atoms with Crippen LogP contribution in [0, 0.1) is 6.08 Å². The van der Waals surface area contributed by atoms with E-state index in [1.54, 1.807) is 10.6 Å². The Balaban J connectivity index is 0.000000529. The Morgan fingerprint density at radius 1 is 1.13 bits per heavy atom. The molecule has 1 fully saturated rings. The van der Waals surface area contributed by atoms with Crippen molar-refractivity contribution in [3.8, 4) is 0 Å². The summed E-state index contributed by atoms with van der Waals surface area (Å²) in [5.74, 6) is 0. The molecule has 0 nitrogen and oxygen atoms in total. The molecule has 2 aromatic carbocycles. The number of benzene rings is 1. The zero-order valence-electron chi connectivity index (χ0n) is 13.5. The van der Waals surface area contributed by atoms with Crippen molar-refractivity contribution in [2.24, 2.45) is 0 Å². The Morgan fingerprint density at radius 2 is 1.87 bits per heavy atom. The van der Waals surface area contributed by atoms with Crippen molar-refractivity contribution in [3.05, 3.63) is 60.7 Å². The van der Waals surface area contributed by atoms with E-state index in [2.05, 4.69) is 55.5 Å². The minimum atomic E-state index is -1.01. The van der Waals surface area contributed by atoms with E-state index in [9.17, 15) is 0 Å². The normalized spacial score (nSPS) is 16.2. The summed E-state index contributed by atoms with van der Waals surface area (Å²) >= 11 is 0. The van der Waals surface area contributed by atoms with Crippen molar-refractivity contribution >= 4 is 24.0 Å². The van der Waals surface area contributed by atoms with Gasteiger partial charge in [-0.25, -0.2) is 12.2 Å². The van der Waals surface area contributed by atoms with Gasteiger partial charge in [0.2, 0.25) is 0 Å². The molecule has 0 N–H and O–H groups in total. The average molecular weight is 528 g/mol. The average Bonchev–Trinajstić information content (AvgIpc) is 3.11. The topological polar surface area (TPSA) is 0 Å². The molecule has 0 amide bonds. The van der Waals surface area contributed by atoms with Gasteiger partial charge in [-0.05, 0) is 0 Å². The molecule has 0 atom stereocenters. The molecule has 0 bridgehead atoms. The second-order valence-electron chi connectivity index (χ2n) is 5.82. The van der Waals surface area contributed by atoms with E-state index in [4.69, 9.17) is 0 Å². The third-order valence-corrected chi connectivity index (χ3v) is 10.4. The number of rotatable bonds is 2. The summed E-state index contributed by atoms with van der Waals surface area (Å²) in [4.78, 5) is 0. The van der Waals surface area contributed by atoms with Crippen molar-refractivity contribution in [1.29, 1.82) is 0 Å². The second-order valence-corrected chi connectivity index (χ2v) is 10.6. The Bertz CT molecular complexity index is 626. The third-order valence-electron chi connectivity index (χ3n) is 4.83. The molecule has 2 aromatic rings. The van der Waals surface area contributed by atoms with Gasteiger partial charge in [0.05, 0.1) is 0 Å². The molecular weight excluding hydrogens is 506 g/mol. The van der Waals surface area contributed by atoms with Crippen molar-refractivity contribution in [2.45, 2.75) is 37.9 Å². The molecule has 2 aliphatic rings. The van der Waals surface area contributed by atoms with Crippen LogP contribution in [0.15, 0.2) is 54.6 Å². The number of hydrogen-bond acceptors (Lipinski definition) is 0. The maximum atomic E-state index is 2.99. The molecule has 23 heavy (non-hydrogen) atoms. The molecule has 120 valence electrons. The first-order valence-electron chi connectivity index (χ1n) is 7.72. The predicted molar refractivity (Wildman–Crippen MR) is 91.2 cm³/mol. The van der Waals surface area contributed by atoms with Gasteiger partial charge < -0.3 is 24.8 Å². The fourth-order valence-electron chi connectivity index (χ4n) is 3.37. The van der Waals surface area contributed by atoms with Gasteiger partial charge in [0.25, 0.3) is 0 Å². The molecule has 1 aliphatic heterocycles. The minimum Gasteiger partial charge on any atom is -1.00 e. The van der Waals surface area contributed by atoms with Gasteiger partial charge in [-0.3, -0.25) is 6.08 Å². The summed E-state index contributed by atoms with van der Waals surface area (Å²) in [6.07, 6.45) is 11.5. The summed E-state index contributed by atoms with van der Waals surface area (Å²) in [6, 6.07) is 18.1. The van der Waals surface area contributed by atoms with Crippen LogP contribution in [0.3, 0.4) is 0 Å². The maximum Gasteiger partial charge on any atom is 4.00 e. The fraction of sp³-hybridized carbons (Fsp3) is 0.316. The van der Waals surface area contributed by atoms with E-state index in [0.717, 1.165) is 6.42 Å². The SMILES string of the molecule is CC[Si]1([c-]2ccc3ccccc32)CCC1.[C-]1=CC=CC1.[Cl-].[Cl-].[Hf+4]. The Kier molecular flexibility index (Phi) is 10.8. The summed E-state index contributed by atoms with van der Waals surface area (Å²) < 4.78 is 0. The molecule has 0 spiro atoms. The monoisotopic (exact) mass is 528 g/mol. The van der Waals surface area contributed by atoms with Crippen LogP contribution >= 0.6 is 0 Å². The van der Waals surface area contributed by atoms with Gasteiger partial charge in [0.15, 0.2) is 0 Å². The zero-order valence-corrected chi connectivity index (χ0v) is 19.6. The molecule has 0 radical (unpaired) electrons. The number of allylic oxidation sites excluding steroid dienone is 4. The van der Waals surface area contributed by atoms with Crippen molar-refractivity contribution < 1.29 is 50.7 Å². The largest absolute Gasteiger partial charge is 4.00 e. The van der Waals surface area contributed by atoms with Crippen LogP contribution in [0.2, 0.25) is 18.1 Å². The first-order valence-corrected chi connectivity index (χ1v) is 10.3. The summed E-state index contributed by atoms with van der Waals surface area (Å²) in [7, 11) is -1.01. The number of fused-ring (bicyclic) bond motifs is 1. The van der Waals surface area contributed by atoms with Crippen molar-refractivity contribution in [3.63, 3.8) is 0 Å². The van der Waals surface area contributed by atoms with Crippen LogP contribution in [0.1, 0.15) is 19.8 Å². The minimum absolute atomic E-state index is 0. The van der Waals surface area contributed by atoms with Crippen LogP contribution in [-0.2, 0) is 25.8 Å². The fourth-order valence-corrected chi connectivity index (χ4v) is 7.44. The number of halogens is 2. The van der Waals surface area contributed by atoms with Gasteiger partial charge in [0, 0.05) is 8.07 Å². The van der Waals surface area contributed by atoms with E-state index in [1.807, 2.05) is 12.2 Å². The predicted octanol–water partition coefficient (Wildman–Crippen LogP) is -1.05. The van der Waals surface area contributed by atoms with Gasteiger partial charge in [-0.15, -0.1) is 40.6 Å². The van der Waals surface area contributed by atoms with E-state index in [0.29, 0.717) is 0 Å². The Hall–Kier alpha value is -0.0230. The zero-order chi connectivity index (χ0) is 13.8. The second kappa shape index (κ2) is 10.8. The molecule has 0 saturated carbocycles. The number of hydrogen-bond donors (Lipinski definition) is 0. The van der Waals surface area contributed by atoms with Gasteiger partial charge in [-0.1, -0.05) is 37.5 Å². The van der Waals surface area contributed by atoms with Crippen LogP contribution < -0.4 is 30.0 Å². The van der Waals surface area contributed by atoms with E-state index in [-0.39, 0.29) is 50.7 Å². The molecule has 0 aromatic heterocycles. The summed E-state index contributed by atoms with van der Waals surface area (Å²) in [6.45, 7) is 2.40. The first kappa shape index (κ1) is 23.0. The molecule has 4 heteroatoms. The van der Waals surface area contributed by atoms with Gasteiger partial charge in [0.1, 0.15) is 0 Å². The molecule has 4 rings (SSSR count). The molecule has 1 heterocycles.